The van der Waals surface area contributed by atoms with Gasteiger partial charge in [0, 0.05) is 67.5 Å². The number of hydrogen-bond acceptors (Lipinski definition) is 6. The van der Waals surface area contributed by atoms with Crippen LogP contribution in [0.5, 0.6) is 5.75 Å². The SMILES string of the molecule is COc1ccc(Cl)cc1CN1CCN(C(=O)c2csc(-c3cnn(C)c3)n2)CC1. The minimum atomic E-state index is -0.0172. The standard InChI is InChI=1S/C20H22ClN5O2S/c1-24-11-15(10-22-24)19-23-17(13-29-19)20(27)26-7-5-25(6-8-26)12-14-9-16(21)3-4-18(14)28-2/h3-4,9-11,13H,5-8,12H2,1-2H3. The second kappa shape index (κ2) is 8.52. The highest BCUT2D eigenvalue weighted by Crippen LogP contribution is 2.26. The van der Waals surface area contributed by atoms with Gasteiger partial charge in [-0.15, -0.1) is 11.3 Å². The van der Waals surface area contributed by atoms with Gasteiger partial charge in [-0.25, -0.2) is 4.98 Å². The van der Waals surface area contributed by atoms with Gasteiger partial charge in [0.15, 0.2) is 0 Å². The summed E-state index contributed by atoms with van der Waals surface area (Å²) in [5, 5.41) is 7.50. The van der Waals surface area contributed by atoms with Crippen molar-refractivity contribution >= 4 is 28.8 Å². The lowest BCUT2D eigenvalue weighted by Gasteiger charge is -2.34. The summed E-state index contributed by atoms with van der Waals surface area (Å²) >= 11 is 7.60. The number of nitrogens with zero attached hydrogens (tertiary/aromatic N) is 5. The largest absolute Gasteiger partial charge is 0.496 e. The highest BCUT2D eigenvalue weighted by atomic mass is 35.5. The van der Waals surface area contributed by atoms with Gasteiger partial charge in [0.1, 0.15) is 16.5 Å². The van der Waals surface area contributed by atoms with Crippen LogP contribution in [0.1, 0.15) is 16.1 Å². The highest BCUT2D eigenvalue weighted by molar-refractivity contribution is 7.13. The molecule has 9 heteroatoms. The van der Waals surface area contributed by atoms with E-state index in [1.807, 2.05) is 41.7 Å². The first-order valence-corrected chi connectivity index (χ1v) is 10.6. The van der Waals surface area contributed by atoms with E-state index in [0.29, 0.717) is 23.8 Å². The first kappa shape index (κ1) is 19.9. The van der Waals surface area contributed by atoms with Crippen LogP contribution in [-0.4, -0.2) is 63.8 Å². The summed E-state index contributed by atoms with van der Waals surface area (Å²) in [6.45, 7) is 3.67. The number of piperazine rings is 1. The Morgan fingerprint density at radius 2 is 2.07 bits per heavy atom. The number of rotatable bonds is 5. The molecule has 0 radical (unpaired) electrons. The van der Waals surface area contributed by atoms with Crippen LogP contribution in [0.3, 0.4) is 0 Å². The van der Waals surface area contributed by atoms with E-state index in [-0.39, 0.29) is 5.91 Å². The fraction of sp³-hybridized carbons (Fsp3) is 0.350. The molecule has 3 heterocycles. The average Bonchev–Trinajstić information content (AvgIpc) is 3.37. The van der Waals surface area contributed by atoms with Crippen molar-refractivity contribution in [1.29, 1.82) is 0 Å². The summed E-state index contributed by atoms with van der Waals surface area (Å²) < 4.78 is 7.16. The molecular weight excluding hydrogens is 410 g/mol. The van der Waals surface area contributed by atoms with Crippen LogP contribution in [0, 0.1) is 0 Å². The van der Waals surface area contributed by atoms with Gasteiger partial charge in [-0.05, 0) is 18.2 Å². The van der Waals surface area contributed by atoms with E-state index in [1.54, 1.807) is 18.0 Å². The molecule has 1 aromatic carbocycles. The van der Waals surface area contributed by atoms with E-state index in [0.717, 1.165) is 41.5 Å². The molecule has 2 aromatic heterocycles. The number of methoxy groups -OCH3 is 1. The van der Waals surface area contributed by atoms with E-state index in [4.69, 9.17) is 16.3 Å². The van der Waals surface area contributed by atoms with Crippen molar-refractivity contribution in [2.24, 2.45) is 7.05 Å². The van der Waals surface area contributed by atoms with Crippen LogP contribution in [-0.2, 0) is 13.6 Å². The van der Waals surface area contributed by atoms with Crippen LogP contribution < -0.4 is 4.74 Å². The third kappa shape index (κ3) is 4.44. The normalized spacial score (nSPS) is 14.9. The number of amides is 1. The van der Waals surface area contributed by atoms with Gasteiger partial charge in [-0.1, -0.05) is 11.6 Å². The number of thiazole rings is 1. The Balaban J connectivity index is 1.37. The minimum Gasteiger partial charge on any atom is -0.496 e. The van der Waals surface area contributed by atoms with E-state index in [1.165, 1.54) is 11.3 Å². The zero-order valence-electron chi connectivity index (χ0n) is 16.3. The summed E-state index contributed by atoms with van der Waals surface area (Å²) in [5.41, 5.74) is 2.48. The number of aromatic nitrogens is 3. The molecule has 1 fully saturated rings. The molecule has 1 saturated heterocycles. The lowest BCUT2D eigenvalue weighted by atomic mass is 10.1. The fourth-order valence-corrected chi connectivity index (χ4v) is 4.38. The Bertz CT molecular complexity index is 1010. The number of carbonyl (C=O) groups excluding carboxylic acids is 1. The molecule has 4 rings (SSSR count). The van der Waals surface area contributed by atoms with Crippen molar-refractivity contribution in [2.45, 2.75) is 6.54 Å². The van der Waals surface area contributed by atoms with E-state index in [9.17, 15) is 4.79 Å². The molecule has 0 aliphatic carbocycles. The van der Waals surface area contributed by atoms with Crippen molar-refractivity contribution in [3.8, 4) is 16.3 Å². The molecule has 3 aromatic rings. The molecule has 1 amide bonds. The maximum Gasteiger partial charge on any atom is 0.273 e. The number of hydrogen-bond donors (Lipinski definition) is 0. The lowest BCUT2D eigenvalue weighted by Crippen LogP contribution is -2.48. The average molecular weight is 432 g/mol. The van der Waals surface area contributed by atoms with Crippen LogP contribution >= 0.6 is 22.9 Å². The summed E-state index contributed by atoms with van der Waals surface area (Å²) in [6, 6.07) is 5.65. The van der Waals surface area contributed by atoms with Crippen LogP contribution in [0.4, 0.5) is 0 Å². The van der Waals surface area contributed by atoms with Crippen molar-refractivity contribution in [1.82, 2.24) is 24.6 Å². The van der Waals surface area contributed by atoms with E-state index in [2.05, 4.69) is 15.0 Å². The van der Waals surface area contributed by atoms with Gasteiger partial charge in [-0.2, -0.15) is 5.10 Å². The third-order valence-electron chi connectivity index (χ3n) is 4.97. The fourth-order valence-electron chi connectivity index (χ4n) is 3.42. The number of halogens is 1. The number of ether oxygens (including phenoxy) is 1. The quantitative estimate of drug-likeness (QED) is 0.621. The lowest BCUT2D eigenvalue weighted by molar-refractivity contribution is 0.0622. The molecule has 1 aliphatic heterocycles. The second-order valence-electron chi connectivity index (χ2n) is 6.97. The van der Waals surface area contributed by atoms with Crippen LogP contribution in [0.2, 0.25) is 5.02 Å². The summed E-state index contributed by atoms with van der Waals surface area (Å²) in [5.74, 6) is 0.815. The third-order valence-corrected chi connectivity index (χ3v) is 6.10. The molecule has 0 saturated carbocycles. The van der Waals surface area contributed by atoms with Crippen LogP contribution in [0.25, 0.3) is 10.6 Å². The number of benzene rings is 1. The van der Waals surface area contributed by atoms with Gasteiger partial charge < -0.3 is 9.64 Å². The Hall–Kier alpha value is -2.42. The molecule has 1 aliphatic rings. The summed E-state index contributed by atoms with van der Waals surface area (Å²) in [4.78, 5) is 21.5. The molecule has 0 atom stereocenters. The van der Waals surface area contributed by atoms with Crippen molar-refractivity contribution in [2.75, 3.05) is 33.3 Å². The highest BCUT2D eigenvalue weighted by Gasteiger charge is 2.24. The predicted octanol–water partition coefficient (Wildman–Crippen LogP) is 3.16. The number of carbonyl (C=O) groups is 1. The van der Waals surface area contributed by atoms with Gasteiger partial charge in [0.05, 0.1) is 13.3 Å². The smallest absolute Gasteiger partial charge is 0.273 e. The Morgan fingerprint density at radius 3 is 2.76 bits per heavy atom. The van der Waals surface area contributed by atoms with Gasteiger partial charge in [0.2, 0.25) is 0 Å². The molecule has 0 N–H and O–H groups in total. The molecule has 0 unspecified atom stereocenters. The molecule has 0 bridgehead atoms. The summed E-state index contributed by atoms with van der Waals surface area (Å²) in [7, 11) is 3.53. The Labute approximate surface area is 178 Å². The first-order chi connectivity index (χ1) is 14.0. The Kier molecular flexibility index (Phi) is 5.84. The molecule has 152 valence electrons. The van der Waals surface area contributed by atoms with Gasteiger partial charge in [-0.3, -0.25) is 14.4 Å². The van der Waals surface area contributed by atoms with Crippen molar-refractivity contribution < 1.29 is 9.53 Å². The zero-order valence-corrected chi connectivity index (χ0v) is 17.9. The Morgan fingerprint density at radius 1 is 1.28 bits per heavy atom. The zero-order chi connectivity index (χ0) is 20.4. The molecule has 29 heavy (non-hydrogen) atoms. The van der Waals surface area contributed by atoms with E-state index >= 15 is 0 Å². The van der Waals surface area contributed by atoms with E-state index < -0.39 is 0 Å². The van der Waals surface area contributed by atoms with Gasteiger partial charge in [0.25, 0.3) is 5.91 Å². The van der Waals surface area contributed by atoms with Crippen LogP contribution in [0.15, 0.2) is 36.0 Å². The first-order valence-electron chi connectivity index (χ1n) is 9.32. The monoisotopic (exact) mass is 431 g/mol. The summed E-state index contributed by atoms with van der Waals surface area (Å²) in [6.07, 6.45) is 3.66. The van der Waals surface area contributed by atoms with Gasteiger partial charge >= 0.3 is 0 Å². The second-order valence-corrected chi connectivity index (χ2v) is 8.26. The number of aryl methyl sites for hydroxylation is 1. The predicted molar refractivity (Wildman–Crippen MR) is 114 cm³/mol. The maximum absolute atomic E-state index is 12.9. The van der Waals surface area contributed by atoms with Crippen molar-refractivity contribution in [3.05, 3.63) is 52.3 Å². The topological polar surface area (TPSA) is 63.5 Å². The molecule has 0 spiro atoms. The molecular formula is C20H22ClN5O2S. The van der Waals surface area contributed by atoms with Crippen molar-refractivity contribution in [3.63, 3.8) is 0 Å². The molecule has 7 nitrogen and oxygen atoms in total. The maximum atomic E-state index is 12.9. The minimum absolute atomic E-state index is 0.0172.